The Balaban J connectivity index is 1.49. The number of likely N-dealkylation sites (N-methyl/N-ethyl adjacent to an activating group) is 1. The number of piperazine rings is 1. The van der Waals surface area contributed by atoms with Gasteiger partial charge in [-0.3, -0.25) is 14.5 Å². The maximum absolute atomic E-state index is 13.3. The lowest BCUT2D eigenvalue weighted by atomic mass is 10.0. The summed E-state index contributed by atoms with van der Waals surface area (Å²) in [5, 5.41) is 1.04. The zero-order valence-corrected chi connectivity index (χ0v) is 18.3. The lowest BCUT2D eigenvalue weighted by Gasteiger charge is -2.40. The summed E-state index contributed by atoms with van der Waals surface area (Å²) in [4.78, 5) is 35.6. The Bertz CT molecular complexity index is 1000. The smallest absolute Gasteiger partial charge is 0.270 e. The zero-order valence-electron chi connectivity index (χ0n) is 18.3. The normalized spacial score (nSPS) is 15.7. The van der Waals surface area contributed by atoms with Gasteiger partial charge in [0.1, 0.15) is 11.7 Å². The summed E-state index contributed by atoms with van der Waals surface area (Å²) in [5.41, 5.74) is 2.60. The molecule has 3 aromatic rings. The minimum atomic E-state index is -0.313. The number of carbonyl (C=O) groups is 2. The van der Waals surface area contributed by atoms with Crippen LogP contribution in [-0.2, 0) is 4.79 Å². The average molecular weight is 419 g/mol. The van der Waals surface area contributed by atoms with E-state index in [1.807, 2.05) is 84.3 Å². The topological polar surface area (TPSA) is 59.7 Å². The molecule has 31 heavy (non-hydrogen) atoms. The number of fused-ring (bicyclic) bond motifs is 1. The van der Waals surface area contributed by atoms with Crippen LogP contribution in [0.15, 0.2) is 60.7 Å². The van der Waals surface area contributed by atoms with Crippen LogP contribution in [0.25, 0.3) is 10.9 Å². The molecule has 1 aromatic heterocycles. The number of hydrogen-bond donors (Lipinski definition) is 1. The lowest BCUT2D eigenvalue weighted by Crippen LogP contribution is -2.53. The zero-order chi connectivity index (χ0) is 21.8. The highest BCUT2D eigenvalue weighted by atomic mass is 16.2. The molecule has 1 atom stereocenters. The van der Waals surface area contributed by atoms with Crippen LogP contribution in [-0.4, -0.2) is 70.8 Å². The molecule has 1 N–H and O–H groups in total. The van der Waals surface area contributed by atoms with Crippen molar-refractivity contribution >= 4 is 22.7 Å². The summed E-state index contributed by atoms with van der Waals surface area (Å²) < 4.78 is 0. The van der Waals surface area contributed by atoms with E-state index in [1.54, 1.807) is 0 Å². The fourth-order valence-corrected chi connectivity index (χ4v) is 4.40. The molecular formula is C25H30N4O2. The molecule has 0 radical (unpaired) electrons. The molecule has 1 aliphatic rings. The fraction of sp³-hybridized carbons (Fsp3) is 0.360. The van der Waals surface area contributed by atoms with E-state index in [9.17, 15) is 9.59 Å². The minimum Gasteiger partial charge on any atom is -0.351 e. The van der Waals surface area contributed by atoms with Gasteiger partial charge in [0.2, 0.25) is 5.91 Å². The molecule has 6 nitrogen and oxygen atoms in total. The van der Waals surface area contributed by atoms with E-state index in [1.165, 1.54) is 0 Å². The van der Waals surface area contributed by atoms with Crippen LogP contribution in [0.3, 0.4) is 0 Å². The second kappa shape index (κ2) is 9.35. The van der Waals surface area contributed by atoms with Gasteiger partial charge >= 0.3 is 0 Å². The third-order valence-corrected chi connectivity index (χ3v) is 6.15. The van der Waals surface area contributed by atoms with Gasteiger partial charge in [-0.25, -0.2) is 0 Å². The average Bonchev–Trinajstić information content (AvgIpc) is 3.25. The van der Waals surface area contributed by atoms with Crippen molar-refractivity contribution in [1.82, 2.24) is 19.7 Å². The molecule has 4 rings (SSSR count). The Kier molecular flexibility index (Phi) is 6.37. The number of rotatable bonds is 6. The van der Waals surface area contributed by atoms with Crippen molar-refractivity contribution in [1.29, 1.82) is 0 Å². The highest BCUT2D eigenvalue weighted by Gasteiger charge is 2.33. The van der Waals surface area contributed by atoms with Gasteiger partial charge in [-0.1, -0.05) is 48.5 Å². The third-order valence-electron chi connectivity index (χ3n) is 6.15. The van der Waals surface area contributed by atoms with Crippen LogP contribution < -0.4 is 0 Å². The highest BCUT2D eigenvalue weighted by molar-refractivity contribution is 5.98. The first-order valence-electron chi connectivity index (χ1n) is 11.1. The van der Waals surface area contributed by atoms with Gasteiger partial charge < -0.3 is 14.8 Å². The number of H-pyrrole nitrogens is 1. The molecule has 0 aliphatic carbocycles. The van der Waals surface area contributed by atoms with Gasteiger partial charge in [0.15, 0.2) is 0 Å². The number of nitrogens with zero attached hydrogens (tertiary/aromatic N) is 3. The second-order valence-electron chi connectivity index (χ2n) is 7.92. The number of amides is 2. The predicted octanol–water partition coefficient (Wildman–Crippen LogP) is 3.54. The first kappa shape index (κ1) is 21.1. The van der Waals surface area contributed by atoms with Crippen molar-refractivity contribution in [3.05, 3.63) is 71.9 Å². The van der Waals surface area contributed by atoms with Gasteiger partial charge in [-0.05, 0) is 31.5 Å². The fourth-order valence-electron chi connectivity index (χ4n) is 4.40. The highest BCUT2D eigenvalue weighted by Crippen LogP contribution is 2.25. The number of nitrogens with one attached hydrogen (secondary N) is 1. The SMILES string of the molecule is CCN(CC)C(=O)C(c1ccccc1)N1CCN(C(=O)c2cc3ccccc3[nH]2)CC1. The lowest BCUT2D eigenvalue weighted by molar-refractivity contribution is -0.137. The largest absolute Gasteiger partial charge is 0.351 e. The molecule has 6 heteroatoms. The Morgan fingerprint density at radius 1 is 0.935 bits per heavy atom. The maximum atomic E-state index is 13.3. The summed E-state index contributed by atoms with van der Waals surface area (Å²) in [6, 6.07) is 19.5. The van der Waals surface area contributed by atoms with E-state index >= 15 is 0 Å². The molecule has 162 valence electrons. The monoisotopic (exact) mass is 418 g/mol. The van der Waals surface area contributed by atoms with Crippen molar-refractivity contribution in [3.63, 3.8) is 0 Å². The van der Waals surface area contributed by atoms with Gasteiger partial charge in [-0.15, -0.1) is 0 Å². The van der Waals surface area contributed by atoms with Crippen LogP contribution in [0.5, 0.6) is 0 Å². The number of para-hydroxylation sites is 1. The van der Waals surface area contributed by atoms with Crippen molar-refractivity contribution < 1.29 is 9.59 Å². The maximum Gasteiger partial charge on any atom is 0.270 e. The molecule has 2 aromatic carbocycles. The number of hydrogen-bond acceptors (Lipinski definition) is 3. The van der Waals surface area contributed by atoms with E-state index < -0.39 is 0 Å². The third kappa shape index (κ3) is 4.35. The first-order valence-corrected chi connectivity index (χ1v) is 11.1. The van der Waals surface area contributed by atoms with Crippen molar-refractivity contribution in [2.75, 3.05) is 39.3 Å². The molecule has 0 bridgehead atoms. The summed E-state index contributed by atoms with van der Waals surface area (Å²) >= 11 is 0. The summed E-state index contributed by atoms with van der Waals surface area (Å²) in [7, 11) is 0. The molecule has 2 heterocycles. The van der Waals surface area contributed by atoms with Gasteiger partial charge in [-0.2, -0.15) is 0 Å². The molecule has 1 aliphatic heterocycles. The van der Waals surface area contributed by atoms with Crippen molar-refractivity contribution in [2.24, 2.45) is 0 Å². The van der Waals surface area contributed by atoms with Crippen molar-refractivity contribution in [2.45, 2.75) is 19.9 Å². The van der Waals surface area contributed by atoms with Crippen LogP contribution in [0, 0.1) is 0 Å². The standard InChI is InChI=1S/C25H30N4O2/c1-3-27(4-2)25(31)23(19-10-6-5-7-11-19)28-14-16-29(17-15-28)24(30)22-18-20-12-8-9-13-21(20)26-22/h5-13,18,23,26H,3-4,14-17H2,1-2H3. The Hall–Kier alpha value is -3.12. The number of benzene rings is 2. The van der Waals surface area contributed by atoms with E-state index in [0.29, 0.717) is 45.0 Å². The van der Waals surface area contributed by atoms with E-state index in [-0.39, 0.29) is 17.9 Å². The summed E-state index contributed by atoms with van der Waals surface area (Å²) in [6.07, 6.45) is 0. The van der Waals surface area contributed by atoms with Gasteiger partial charge in [0.25, 0.3) is 5.91 Å². The van der Waals surface area contributed by atoms with Gasteiger partial charge in [0.05, 0.1) is 0 Å². The molecule has 1 saturated heterocycles. The quantitative estimate of drug-likeness (QED) is 0.666. The van der Waals surface area contributed by atoms with Crippen LogP contribution >= 0.6 is 0 Å². The van der Waals surface area contributed by atoms with Crippen LogP contribution in [0.2, 0.25) is 0 Å². The first-order chi connectivity index (χ1) is 15.1. The summed E-state index contributed by atoms with van der Waals surface area (Å²) in [5.74, 6) is 0.147. The molecule has 2 amide bonds. The molecule has 0 spiro atoms. The van der Waals surface area contributed by atoms with Crippen LogP contribution in [0.4, 0.5) is 0 Å². The van der Waals surface area contributed by atoms with E-state index in [4.69, 9.17) is 0 Å². The molecule has 0 saturated carbocycles. The Morgan fingerprint density at radius 3 is 2.23 bits per heavy atom. The minimum absolute atomic E-state index is 0.0159. The Morgan fingerprint density at radius 2 is 1.58 bits per heavy atom. The molecular weight excluding hydrogens is 388 g/mol. The number of carbonyl (C=O) groups excluding carboxylic acids is 2. The van der Waals surface area contributed by atoms with E-state index in [2.05, 4.69) is 9.88 Å². The Labute approximate surface area is 183 Å². The van der Waals surface area contributed by atoms with Crippen molar-refractivity contribution in [3.8, 4) is 0 Å². The van der Waals surface area contributed by atoms with E-state index in [0.717, 1.165) is 16.5 Å². The molecule has 1 unspecified atom stereocenters. The second-order valence-corrected chi connectivity index (χ2v) is 7.92. The number of aromatic amines is 1. The molecule has 1 fully saturated rings. The van der Waals surface area contributed by atoms with Crippen LogP contribution in [0.1, 0.15) is 35.9 Å². The van der Waals surface area contributed by atoms with Gasteiger partial charge in [0, 0.05) is 50.2 Å². The predicted molar refractivity (Wildman–Crippen MR) is 123 cm³/mol. The number of aromatic nitrogens is 1. The summed E-state index contributed by atoms with van der Waals surface area (Å²) in [6.45, 7) is 7.94.